The molecule has 0 saturated heterocycles. The van der Waals surface area contributed by atoms with Gasteiger partial charge in [0, 0.05) is 43.7 Å². The van der Waals surface area contributed by atoms with Gasteiger partial charge in [0.25, 0.3) is 0 Å². The second kappa shape index (κ2) is 9.68. The molecule has 2 N–H and O–H groups in total. The van der Waals surface area contributed by atoms with Crippen LogP contribution < -0.4 is 16.3 Å². The first-order valence-corrected chi connectivity index (χ1v) is 10.6. The Balaban J connectivity index is 1.49. The van der Waals surface area contributed by atoms with Gasteiger partial charge in [-0.1, -0.05) is 6.92 Å². The highest BCUT2D eigenvalue weighted by molar-refractivity contribution is 7.11. The summed E-state index contributed by atoms with van der Waals surface area (Å²) in [6, 6.07) is 0. The molecule has 8 nitrogen and oxygen atoms in total. The lowest BCUT2D eigenvalue weighted by atomic mass is 10.2. The maximum Gasteiger partial charge on any atom is 0.345 e. The van der Waals surface area contributed by atoms with Crippen LogP contribution in [0.4, 0.5) is 0 Å². The number of hydrogen-bond donors (Lipinski definition) is 2. The number of aliphatic imine (C=N–C) groups is 1. The molecule has 0 saturated carbocycles. The summed E-state index contributed by atoms with van der Waals surface area (Å²) in [6.45, 7) is 7.72. The van der Waals surface area contributed by atoms with E-state index in [4.69, 9.17) is 0 Å². The molecular weight excluding hydrogens is 362 g/mol. The fourth-order valence-corrected chi connectivity index (χ4v) is 3.89. The average molecular weight is 392 g/mol. The number of hydrogen-bond acceptors (Lipinski definition) is 5. The van der Waals surface area contributed by atoms with Crippen LogP contribution in [0.25, 0.3) is 0 Å². The molecule has 9 heteroatoms. The number of nitrogens with zero attached hydrogens (tertiary/aromatic N) is 5. The van der Waals surface area contributed by atoms with Crippen LogP contribution in [0.15, 0.2) is 16.0 Å². The first kappa shape index (κ1) is 19.6. The Labute approximate surface area is 163 Å². The van der Waals surface area contributed by atoms with Crippen LogP contribution in [-0.4, -0.2) is 38.4 Å². The molecule has 2 aromatic rings. The molecule has 0 radical (unpaired) electrons. The molecule has 27 heavy (non-hydrogen) atoms. The predicted molar refractivity (Wildman–Crippen MR) is 108 cm³/mol. The van der Waals surface area contributed by atoms with Crippen molar-refractivity contribution in [1.29, 1.82) is 0 Å². The predicted octanol–water partition coefficient (Wildman–Crippen LogP) is 1.55. The van der Waals surface area contributed by atoms with Gasteiger partial charge in [-0.05, 0) is 32.6 Å². The summed E-state index contributed by atoms with van der Waals surface area (Å²) in [5, 5.41) is 12.1. The highest BCUT2D eigenvalue weighted by Gasteiger charge is 2.16. The van der Waals surface area contributed by atoms with Gasteiger partial charge >= 0.3 is 5.69 Å². The molecule has 1 aliphatic heterocycles. The summed E-state index contributed by atoms with van der Waals surface area (Å²) in [5.41, 5.74) is 0.0285. The number of fused-ring (bicyclic) bond motifs is 1. The second-order valence-corrected chi connectivity index (χ2v) is 7.78. The highest BCUT2D eigenvalue weighted by Crippen LogP contribution is 2.14. The SMILES string of the molecule is CCNC(=NCc1ncc(CC)s1)NCCCn1nc2n(c1=O)CCCC2. The van der Waals surface area contributed by atoms with Gasteiger partial charge in [-0.2, -0.15) is 5.10 Å². The summed E-state index contributed by atoms with van der Waals surface area (Å²) in [4.78, 5) is 22.6. The van der Waals surface area contributed by atoms with Gasteiger partial charge in [-0.15, -0.1) is 11.3 Å². The molecule has 3 rings (SSSR count). The first-order valence-electron chi connectivity index (χ1n) is 9.83. The van der Waals surface area contributed by atoms with Crippen molar-refractivity contribution in [2.75, 3.05) is 13.1 Å². The van der Waals surface area contributed by atoms with E-state index in [0.29, 0.717) is 13.1 Å². The van der Waals surface area contributed by atoms with E-state index < -0.39 is 0 Å². The van der Waals surface area contributed by atoms with Crippen molar-refractivity contribution in [2.24, 2.45) is 4.99 Å². The minimum Gasteiger partial charge on any atom is -0.357 e. The van der Waals surface area contributed by atoms with Gasteiger partial charge in [-0.3, -0.25) is 4.57 Å². The molecule has 0 atom stereocenters. The third-order valence-corrected chi connectivity index (χ3v) is 5.66. The van der Waals surface area contributed by atoms with Crippen molar-refractivity contribution in [1.82, 2.24) is 30.0 Å². The highest BCUT2D eigenvalue weighted by atomic mass is 32.1. The van der Waals surface area contributed by atoms with Crippen molar-refractivity contribution in [2.45, 2.75) is 65.6 Å². The van der Waals surface area contributed by atoms with Gasteiger partial charge in [0.15, 0.2) is 5.96 Å². The van der Waals surface area contributed by atoms with Crippen molar-refractivity contribution < 1.29 is 0 Å². The number of guanidine groups is 1. The second-order valence-electron chi connectivity index (χ2n) is 6.58. The van der Waals surface area contributed by atoms with E-state index in [-0.39, 0.29) is 5.69 Å². The fraction of sp³-hybridized carbons (Fsp3) is 0.667. The lowest BCUT2D eigenvalue weighted by molar-refractivity contribution is 0.509. The molecule has 0 fully saturated rings. The number of rotatable bonds is 8. The van der Waals surface area contributed by atoms with Crippen LogP contribution in [0.1, 0.15) is 48.8 Å². The molecule has 0 unspecified atom stereocenters. The third-order valence-electron chi connectivity index (χ3n) is 4.54. The maximum atomic E-state index is 12.3. The van der Waals surface area contributed by atoms with E-state index >= 15 is 0 Å². The normalized spacial score (nSPS) is 14.2. The Kier molecular flexibility index (Phi) is 7.03. The topological polar surface area (TPSA) is 89.1 Å². The molecule has 0 spiro atoms. The van der Waals surface area contributed by atoms with E-state index in [1.54, 1.807) is 16.0 Å². The number of aryl methyl sites for hydroxylation is 3. The van der Waals surface area contributed by atoms with Crippen molar-refractivity contribution >= 4 is 17.3 Å². The first-order chi connectivity index (χ1) is 13.2. The Morgan fingerprint density at radius 3 is 2.96 bits per heavy atom. The monoisotopic (exact) mass is 391 g/mol. The van der Waals surface area contributed by atoms with E-state index in [0.717, 1.165) is 68.5 Å². The standard InChI is InChI=1S/C18H29N7OS/c1-3-14-12-21-16(27-14)13-22-17(19-4-2)20-9-7-11-25-18(26)24-10-6-5-8-15(24)23-25/h12H,3-11,13H2,1-2H3,(H2,19,20,22). The van der Waals surface area contributed by atoms with E-state index in [2.05, 4.69) is 32.6 Å². The van der Waals surface area contributed by atoms with Crippen molar-refractivity contribution in [3.63, 3.8) is 0 Å². The molecular formula is C18H29N7OS. The lowest BCUT2D eigenvalue weighted by Gasteiger charge is -2.10. The van der Waals surface area contributed by atoms with Crippen LogP contribution in [0.3, 0.4) is 0 Å². The van der Waals surface area contributed by atoms with Gasteiger partial charge in [0.05, 0.1) is 6.54 Å². The molecule has 1 aliphatic rings. The summed E-state index contributed by atoms with van der Waals surface area (Å²) < 4.78 is 3.43. The zero-order chi connectivity index (χ0) is 19.1. The van der Waals surface area contributed by atoms with Crippen LogP contribution in [0.5, 0.6) is 0 Å². The van der Waals surface area contributed by atoms with Crippen molar-refractivity contribution in [3.8, 4) is 0 Å². The Hall–Kier alpha value is -2.16. The molecule has 2 aromatic heterocycles. The summed E-state index contributed by atoms with van der Waals surface area (Å²) in [5.74, 6) is 1.71. The van der Waals surface area contributed by atoms with E-state index in [1.165, 1.54) is 4.88 Å². The van der Waals surface area contributed by atoms with Gasteiger partial charge in [-0.25, -0.2) is 19.5 Å². The van der Waals surface area contributed by atoms with E-state index in [9.17, 15) is 4.79 Å². The Bertz CT molecular complexity index is 820. The lowest BCUT2D eigenvalue weighted by Crippen LogP contribution is -2.38. The molecule has 0 aromatic carbocycles. The molecule has 0 aliphatic carbocycles. The van der Waals surface area contributed by atoms with E-state index in [1.807, 2.05) is 17.7 Å². The fourth-order valence-electron chi connectivity index (χ4n) is 3.10. The minimum atomic E-state index is 0.0285. The summed E-state index contributed by atoms with van der Waals surface area (Å²) >= 11 is 1.71. The van der Waals surface area contributed by atoms with Gasteiger partial charge in [0.1, 0.15) is 10.8 Å². The average Bonchev–Trinajstić information content (AvgIpc) is 3.28. The quantitative estimate of drug-likeness (QED) is 0.405. The van der Waals surface area contributed by atoms with Crippen LogP contribution in [0.2, 0.25) is 0 Å². The maximum absolute atomic E-state index is 12.3. The Morgan fingerprint density at radius 1 is 1.33 bits per heavy atom. The van der Waals surface area contributed by atoms with Crippen LogP contribution in [0, 0.1) is 0 Å². The number of nitrogens with one attached hydrogen (secondary N) is 2. The third kappa shape index (κ3) is 5.18. The molecule has 3 heterocycles. The number of aromatic nitrogens is 4. The molecule has 148 valence electrons. The zero-order valence-electron chi connectivity index (χ0n) is 16.2. The largest absolute Gasteiger partial charge is 0.357 e. The Morgan fingerprint density at radius 2 is 2.22 bits per heavy atom. The number of thiazole rings is 1. The summed E-state index contributed by atoms with van der Waals surface area (Å²) in [7, 11) is 0. The van der Waals surface area contributed by atoms with Gasteiger partial charge < -0.3 is 10.6 Å². The van der Waals surface area contributed by atoms with Crippen molar-refractivity contribution in [3.05, 3.63) is 32.4 Å². The minimum absolute atomic E-state index is 0.0285. The zero-order valence-corrected chi connectivity index (χ0v) is 17.0. The molecule has 0 amide bonds. The molecule has 0 bridgehead atoms. The van der Waals surface area contributed by atoms with Crippen LogP contribution in [-0.2, 0) is 32.5 Å². The smallest absolute Gasteiger partial charge is 0.345 e. The summed E-state index contributed by atoms with van der Waals surface area (Å²) in [6.07, 6.45) is 6.86. The van der Waals surface area contributed by atoms with Gasteiger partial charge in [0.2, 0.25) is 0 Å². The van der Waals surface area contributed by atoms with Crippen LogP contribution >= 0.6 is 11.3 Å².